The number of hydrogen-bond acceptors (Lipinski definition) is 2. The first-order chi connectivity index (χ1) is 6.84. The number of aromatic amines is 1. The van der Waals surface area contributed by atoms with Crippen molar-refractivity contribution >= 4 is 5.69 Å². The molecule has 2 N–H and O–H groups in total. The molecule has 0 atom stereocenters. The minimum Gasteiger partial charge on any atom is -0.379 e. The van der Waals surface area contributed by atoms with Crippen molar-refractivity contribution in [2.45, 2.75) is 13.5 Å². The third-order valence-electron chi connectivity index (χ3n) is 2.09. The SMILES string of the molecule is Cc1ccc(NCc2ccn[nH]2)cc1. The number of nitrogens with zero attached hydrogens (tertiary/aromatic N) is 1. The number of anilines is 1. The molecule has 1 heterocycles. The maximum atomic E-state index is 3.88. The maximum Gasteiger partial charge on any atom is 0.0567 e. The Morgan fingerprint density at radius 1 is 1.21 bits per heavy atom. The van der Waals surface area contributed by atoms with Gasteiger partial charge in [-0.05, 0) is 25.1 Å². The van der Waals surface area contributed by atoms with E-state index in [9.17, 15) is 0 Å². The average Bonchev–Trinajstić information content (AvgIpc) is 2.70. The van der Waals surface area contributed by atoms with E-state index >= 15 is 0 Å². The van der Waals surface area contributed by atoms with Crippen molar-refractivity contribution < 1.29 is 0 Å². The van der Waals surface area contributed by atoms with Crippen LogP contribution in [0.5, 0.6) is 0 Å². The van der Waals surface area contributed by atoms with Crippen LogP contribution in [0.15, 0.2) is 36.5 Å². The fraction of sp³-hybridized carbons (Fsp3) is 0.182. The van der Waals surface area contributed by atoms with E-state index in [1.165, 1.54) is 5.56 Å². The first-order valence-corrected chi connectivity index (χ1v) is 4.63. The van der Waals surface area contributed by atoms with E-state index < -0.39 is 0 Å². The Morgan fingerprint density at radius 2 is 2.00 bits per heavy atom. The van der Waals surface area contributed by atoms with Crippen molar-refractivity contribution in [1.82, 2.24) is 10.2 Å². The summed E-state index contributed by atoms with van der Waals surface area (Å²) in [7, 11) is 0. The van der Waals surface area contributed by atoms with Crippen LogP contribution in [0.4, 0.5) is 5.69 Å². The highest BCUT2D eigenvalue weighted by atomic mass is 15.1. The minimum atomic E-state index is 0.781. The summed E-state index contributed by atoms with van der Waals surface area (Å²) in [5.41, 5.74) is 3.49. The van der Waals surface area contributed by atoms with Crippen LogP contribution in [-0.2, 0) is 6.54 Å². The van der Waals surface area contributed by atoms with E-state index in [2.05, 4.69) is 46.7 Å². The monoisotopic (exact) mass is 187 g/mol. The van der Waals surface area contributed by atoms with Crippen LogP contribution in [0, 0.1) is 6.92 Å². The zero-order chi connectivity index (χ0) is 9.80. The Labute approximate surface area is 83.2 Å². The molecule has 0 unspecified atom stereocenters. The van der Waals surface area contributed by atoms with Gasteiger partial charge in [0.1, 0.15) is 0 Å². The van der Waals surface area contributed by atoms with Gasteiger partial charge in [-0.2, -0.15) is 5.10 Å². The fourth-order valence-corrected chi connectivity index (χ4v) is 1.25. The topological polar surface area (TPSA) is 40.7 Å². The summed E-state index contributed by atoms with van der Waals surface area (Å²) < 4.78 is 0. The molecule has 2 rings (SSSR count). The summed E-state index contributed by atoms with van der Waals surface area (Å²) in [5.74, 6) is 0. The highest BCUT2D eigenvalue weighted by Crippen LogP contribution is 2.09. The molecule has 0 aliphatic heterocycles. The minimum absolute atomic E-state index is 0.781. The molecule has 0 saturated heterocycles. The van der Waals surface area contributed by atoms with E-state index in [1.54, 1.807) is 6.20 Å². The predicted octanol–water partition coefficient (Wildman–Crippen LogP) is 2.33. The summed E-state index contributed by atoms with van der Waals surface area (Å²) in [5, 5.41) is 10.1. The lowest BCUT2D eigenvalue weighted by atomic mass is 10.2. The standard InChI is InChI=1S/C11H13N3/c1-9-2-4-10(5-3-9)12-8-11-6-7-13-14-11/h2-7,12H,8H2,1H3,(H,13,14). The smallest absolute Gasteiger partial charge is 0.0567 e. The Balaban J connectivity index is 1.95. The van der Waals surface area contributed by atoms with Gasteiger partial charge in [-0.15, -0.1) is 0 Å². The highest BCUT2D eigenvalue weighted by molar-refractivity contribution is 5.44. The van der Waals surface area contributed by atoms with E-state index in [4.69, 9.17) is 0 Å². The molecule has 0 saturated carbocycles. The number of aryl methyl sites for hydroxylation is 1. The summed E-state index contributed by atoms with van der Waals surface area (Å²) in [6, 6.07) is 10.3. The van der Waals surface area contributed by atoms with Gasteiger partial charge in [0.15, 0.2) is 0 Å². The fourth-order valence-electron chi connectivity index (χ4n) is 1.25. The molecule has 0 fully saturated rings. The van der Waals surface area contributed by atoms with Crippen LogP contribution in [0.3, 0.4) is 0 Å². The summed E-state index contributed by atoms with van der Waals surface area (Å²) in [4.78, 5) is 0. The summed E-state index contributed by atoms with van der Waals surface area (Å²) in [6.07, 6.45) is 1.76. The van der Waals surface area contributed by atoms with Crippen LogP contribution in [-0.4, -0.2) is 10.2 Å². The lowest BCUT2D eigenvalue weighted by molar-refractivity contribution is 0.981. The molecule has 72 valence electrons. The molecule has 2 aromatic rings. The van der Waals surface area contributed by atoms with Crippen LogP contribution in [0.25, 0.3) is 0 Å². The van der Waals surface area contributed by atoms with Gasteiger partial charge in [0.2, 0.25) is 0 Å². The number of aromatic nitrogens is 2. The largest absolute Gasteiger partial charge is 0.379 e. The lowest BCUT2D eigenvalue weighted by Gasteiger charge is -2.04. The third kappa shape index (κ3) is 2.13. The molecule has 14 heavy (non-hydrogen) atoms. The molecule has 0 radical (unpaired) electrons. The van der Waals surface area contributed by atoms with Gasteiger partial charge in [-0.3, -0.25) is 5.10 Å². The van der Waals surface area contributed by atoms with Gasteiger partial charge in [-0.1, -0.05) is 17.7 Å². The molecule has 0 aliphatic carbocycles. The van der Waals surface area contributed by atoms with Gasteiger partial charge in [0, 0.05) is 11.9 Å². The lowest BCUT2D eigenvalue weighted by Crippen LogP contribution is -1.99. The molecule has 0 aliphatic rings. The van der Waals surface area contributed by atoms with Crippen LogP contribution in [0.1, 0.15) is 11.3 Å². The molecular formula is C11H13N3. The molecular weight excluding hydrogens is 174 g/mol. The van der Waals surface area contributed by atoms with Gasteiger partial charge < -0.3 is 5.32 Å². The molecule has 3 nitrogen and oxygen atoms in total. The predicted molar refractivity (Wildman–Crippen MR) is 57.1 cm³/mol. The number of nitrogens with one attached hydrogen (secondary N) is 2. The second-order valence-electron chi connectivity index (χ2n) is 3.30. The van der Waals surface area contributed by atoms with E-state index in [0.717, 1.165) is 17.9 Å². The molecule has 0 amide bonds. The zero-order valence-corrected chi connectivity index (χ0v) is 8.12. The third-order valence-corrected chi connectivity index (χ3v) is 2.09. The molecule has 3 heteroatoms. The van der Waals surface area contributed by atoms with E-state index in [-0.39, 0.29) is 0 Å². The maximum absolute atomic E-state index is 3.88. The van der Waals surface area contributed by atoms with Gasteiger partial charge in [-0.25, -0.2) is 0 Å². The second kappa shape index (κ2) is 3.96. The summed E-state index contributed by atoms with van der Waals surface area (Å²) >= 11 is 0. The summed E-state index contributed by atoms with van der Waals surface area (Å²) in [6.45, 7) is 2.86. The van der Waals surface area contributed by atoms with Crippen LogP contribution >= 0.6 is 0 Å². The van der Waals surface area contributed by atoms with Crippen molar-refractivity contribution in [3.8, 4) is 0 Å². The zero-order valence-electron chi connectivity index (χ0n) is 8.12. The van der Waals surface area contributed by atoms with Crippen molar-refractivity contribution in [1.29, 1.82) is 0 Å². The van der Waals surface area contributed by atoms with E-state index in [0.29, 0.717) is 0 Å². The molecule has 1 aromatic carbocycles. The Morgan fingerprint density at radius 3 is 2.64 bits per heavy atom. The first-order valence-electron chi connectivity index (χ1n) is 4.63. The van der Waals surface area contributed by atoms with Crippen molar-refractivity contribution in [3.63, 3.8) is 0 Å². The first kappa shape index (κ1) is 8.81. The molecule has 1 aromatic heterocycles. The van der Waals surface area contributed by atoms with E-state index in [1.807, 2.05) is 6.07 Å². The van der Waals surface area contributed by atoms with Crippen molar-refractivity contribution in [2.75, 3.05) is 5.32 Å². The Kier molecular flexibility index (Phi) is 2.49. The normalized spacial score (nSPS) is 10.1. The quantitative estimate of drug-likeness (QED) is 0.774. The Bertz CT molecular complexity index is 375. The van der Waals surface area contributed by atoms with Crippen molar-refractivity contribution in [3.05, 3.63) is 47.8 Å². The number of rotatable bonds is 3. The number of benzene rings is 1. The van der Waals surface area contributed by atoms with Gasteiger partial charge in [0.25, 0.3) is 0 Å². The average molecular weight is 187 g/mol. The van der Waals surface area contributed by atoms with Crippen LogP contribution < -0.4 is 5.32 Å². The molecule has 0 bridgehead atoms. The number of hydrogen-bond donors (Lipinski definition) is 2. The van der Waals surface area contributed by atoms with Crippen LogP contribution in [0.2, 0.25) is 0 Å². The van der Waals surface area contributed by atoms with Crippen molar-refractivity contribution in [2.24, 2.45) is 0 Å². The Hall–Kier alpha value is -1.77. The highest BCUT2D eigenvalue weighted by Gasteiger charge is 1.93. The number of H-pyrrole nitrogens is 1. The van der Waals surface area contributed by atoms with Gasteiger partial charge >= 0.3 is 0 Å². The molecule has 0 spiro atoms. The second-order valence-corrected chi connectivity index (χ2v) is 3.30. The van der Waals surface area contributed by atoms with Gasteiger partial charge in [0.05, 0.1) is 12.2 Å².